The van der Waals surface area contributed by atoms with Crippen molar-refractivity contribution >= 4 is 23.1 Å². The Labute approximate surface area is 151 Å². The third kappa shape index (κ3) is 6.83. The minimum atomic E-state index is 0.353. The molecule has 1 aromatic rings. The van der Waals surface area contributed by atoms with E-state index >= 15 is 0 Å². The number of hydrogen-bond acceptors (Lipinski definition) is 3. The number of aromatic amines is 1. The van der Waals surface area contributed by atoms with Crippen molar-refractivity contribution in [3.8, 4) is 0 Å². The van der Waals surface area contributed by atoms with Crippen molar-refractivity contribution in [3.05, 3.63) is 42.5 Å². The summed E-state index contributed by atoms with van der Waals surface area (Å²) in [6.45, 7) is 18.2. The van der Waals surface area contributed by atoms with E-state index < -0.39 is 0 Å². The Hall–Kier alpha value is -1.68. The van der Waals surface area contributed by atoms with Crippen molar-refractivity contribution in [2.24, 2.45) is 0 Å². The lowest BCUT2D eigenvalue weighted by Crippen LogP contribution is -2.25. The molecule has 2 N–H and O–H groups in total. The number of halogens is 1. The average molecular weight is 351 g/mol. The molecule has 0 saturated heterocycles. The first kappa shape index (κ1) is 20.4. The summed E-state index contributed by atoms with van der Waals surface area (Å²) in [5.74, 6) is 0.669. The maximum Gasteiger partial charge on any atom is 0.202 e. The highest BCUT2D eigenvalue weighted by Crippen LogP contribution is 2.26. The normalized spacial score (nSPS) is 10.5. The summed E-state index contributed by atoms with van der Waals surface area (Å²) in [7, 11) is 0. The molecule has 0 atom stereocenters. The van der Waals surface area contributed by atoms with Gasteiger partial charge in [0.2, 0.25) is 5.28 Å². The Kier molecular flexibility index (Phi) is 9.31. The van der Waals surface area contributed by atoms with Crippen molar-refractivity contribution in [1.29, 1.82) is 0 Å². The smallest absolute Gasteiger partial charge is 0.202 e. The van der Waals surface area contributed by atoms with Crippen LogP contribution in [0.1, 0.15) is 58.1 Å². The molecule has 4 nitrogen and oxygen atoms in total. The fraction of sp³-hybridized carbons (Fsp3) is 0.526. The largest absolute Gasteiger partial charge is 0.370 e. The molecule has 0 spiro atoms. The molecule has 0 saturated carbocycles. The molecule has 1 rings (SSSR count). The molecule has 1 heterocycles. The summed E-state index contributed by atoms with van der Waals surface area (Å²) in [5.41, 5.74) is 2.99. The van der Waals surface area contributed by atoms with Crippen LogP contribution in [-0.4, -0.2) is 28.0 Å². The van der Waals surface area contributed by atoms with Crippen LogP contribution in [0.15, 0.2) is 31.5 Å². The van der Waals surface area contributed by atoms with Crippen LogP contribution in [0.5, 0.6) is 0 Å². The average Bonchev–Trinajstić information content (AvgIpc) is 2.90. The first-order chi connectivity index (χ1) is 11.5. The van der Waals surface area contributed by atoms with Crippen LogP contribution in [0.2, 0.25) is 5.28 Å². The lowest BCUT2D eigenvalue weighted by molar-refractivity contribution is 0.372. The summed E-state index contributed by atoms with van der Waals surface area (Å²) in [5, 5.41) is 3.37. The lowest BCUT2D eigenvalue weighted by atomic mass is 10.1. The minimum Gasteiger partial charge on any atom is -0.370 e. The highest BCUT2D eigenvalue weighted by Gasteiger charge is 2.16. The molecule has 24 heavy (non-hydrogen) atoms. The van der Waals surface area contributed by atoms with Gasteiger partial charge in [-0.25, -0.2) is 0 Å². The Morgan fingerprint density at radius 2 is 1.92 bits per heavy atom. The van der Waals surface area contributed by atoms with E-state index in [0.29, 0.717) is 11.1 Å². The molecule has 0 amide bonds. The number of imidazole rings is 1. The number of H-pyrrole nitrogens is 1. The molecular formula is C19H31ClN4. The van der Waals surface area contributed by atoms with Gasteiger partial charge < -0.3 is 15.2 Å². The summed E-state index contributed by atoms with van der Waals surface area (Å²) < 4.78 is 0. The van der Waals surface area contributed by atoms with Crippen LogP contribution >= 0.6 is 11.6 Å². The predicted molar refractivity (Wildman–Crippen MR) is 106 cm³/mol. The van der Waals surface area contributed by atoms with Crippen molar-refractivity contribution in [2.45, 2.75) is 52.4 Å². The van der Waals surface area contributed by atoms with E-state index in [1.807, 2.05) is 0 Å². The number of nitrogens with one attached hydrogen (secondary N) is 2. The number of rotatable bonds is 13. The standard InChI is InChI=1S/C19H31ClN4/c1-6-8-10-13-24(14-11-9-12-15(3)4)16(5)17-18(21-7-2)23-19(20)22-17/h7,21H,2-3,5-6,8-14H2,1,4H3,(H,22,23). The zero-order valence-electron chi connectivity index (χ0n) is 15.1. The first-order valence-electron chi connectivity index (χ1n) is 8.71. The minimum absolute atomic E-state index is 0.353. The van der Waals surface area contributed by atoms with E-state index in [9.17, 15) is 0 Å². The third-order valence-corrected chi connectivity index (χ3v) is 4.08. The number of hydrogen-bond donors (Lipinski definition) is 2. The Morgan fingerprint density at radius 3 is 2.50 bits per heavy atom. The molecule has 1 aromatic heterocycles. The van der Waals surface area contributed by atoms with Crippen molar-refractivity contribution in [2.75, 3.05) is 18.4 Å². The van der Waals surface area contributed by atoms with Gasteiger partial charge >= 0.3 is 0 Å². The fourth-order valence-electron chi connectivity index (χ4n) is 2.58. The Bertz CT molecular complexity index is 548. The lowest BCUT2D eigenvalue weighted by Gasteiger charge is -2.26. The van der Waals surface area contributed by atoms with Crippen molar-refractivity contribution in [3.63, 3.8) is 0 Å². The summed E-state index contributed by atoms with van der Waals surface area (Å²) in [6, 6.07) is 0. The second-order valence-electron chi connectivity index (χ2n) is 6.15. The number of allylic oxidation sites excluding steroid dienone is 1. The molecule has 0 aliphatic carbocycles. The number of nitrogens with zero attached hydrogens (tertiary/aromatic N) is 2. The molecule has 0 bridgehead atoms. The van der Waals surface area contributed by atoms with E-state index in [-0.39, 0.29) is 0 Å². The number of aromatic nitrogens is 2. The second-order valence-corrected chi connectivity index (χ2v) is 6.51. The van der Waals surface area contributed by atoms with Crippen LogP contribution in [0.25, 0.3) is 5.70 Å². The van der Waals surface area contributed by atoms with Gasteiger partial charge in [-0.05, 0) is 50.4 Å². The zero-order valence-corrected chi connectivity index (χ0v) is 15.9. The van der Waals surface area contributed by atoms with Gasteiger partial charge in [-0.1, -0.05) is 38.5 Å². The Balaban J connectivity index is 2.77. The van der Waals surface area contributed by atoms with E-state index in [1.165, 1.54) is 18.4 Å². The molecule has 5 heteroatoms. The van der Waals surface area contributed by atoms with Gasteiger partial charge in [-0.2, -0.15) is 4.98 Å². The Morgan fingerprint density at radius 1 is 1.25 bits per heavy atom. The van der Waals surface area contributed by atoms with Gasteiger partial charge in [0.05, 0.1) is 5.70 Å². The first-order valence-corrected chi connectivity index (χ1v) is 9.08. The van der Waals surface area contributed by atoms with Crippen LogP contribution in [-0.2, 0) is 0 Å². The molecule has 0 fully saturated rings. The van der Waals surface area contributed by atoms with Gasteiger partial charge in [0, 0.05) is 13.1 Å². The third-order valence-electron chi connectivity index (χ3n) is 3.90. The zero-order chi connectivity index (χ0) is 17.9. The number of anilines is 1. The molecule has 0 radical (unpaired) electrons. The molecule has 0 aliphatic rings. The SMILES string of the molecule is C=CNc1nc(Cl)[nH]c1C(=C)N(CCCCC)CCCCC(=C)C. The van der Waals surface area contributed by atoms with Gasteiger partial charge in [-0.15, -0.1) is 6.58 Å². The van der Waals surface area contributed by atoms with Gasteiger partial charge in [0.1, 0.15) is 5.69 Å². The second kappa shape index (κ2) is 11.0. The van der Waals surface area contributed by atoms with Crippen LogP contribution in [0.3, 0.4) is 0 Å². The van der Waals surface area contributed by atoms with Crippen molar-refractivity contribution in [1.82, 2.24) is 14.9 Å². The summed E-state index contributed by atoms with van der Waals surface area (Å²) in [6.07, 6.45) is 8.51. The van der Waals surface area contributed by atoms with E-state index in [1.54, 1.807) is 6.20 Å². The van der Waals surface area contributed by atoms with Crippen molar-refractivity contribution < 1.29 is 0 Å². The molecule has 0 unspecified atom stereocenters. The molecule has 0 aromatic carbocycles. The van der Waals surface area contributed by atoms with Gasteiger partial charge in [0.25, 0.3) is 0 Å². The molecular weight excluding hydrogens is 320 g/mol. The van der Waals surface area contributed by atoms with Gasteiger partial charge in [0.15, 0.2) is 5.82 Å². The highest BCUT2D eigenvalue weighted by atomic mass is 35.5. The highest BCUT2D eigenvalue weighted by molar-refractivity contribution is 6.28. The topological polar surface area (TPSA) is 44.0 Å². The van der Waals surface area contributed by atoms with E-state index in [4.69, 9.17) is 11.6 Å². The van der Waals surface area contributed by atoms with Crippen LogP contribution in [0.4, 0.5) is 5.82 Å². The molecule has 0 aliphatic heterocycles. The maximum absolute atomic E-state index is 6.03. The van der Waals surface area contributed by atoms with E-state index in [0.717, 1.165) is 50.2 Å². The quantitative estimate of drug-likeness (QED) is 0.347. The maximum atomic E-state index is 6.03. The van der Waals surface area contributed by atoms with Crippen LogP contribution < -0.4 is 5.32 Å². The van der Waals surface area contributed by atoms with Crippen LogP contribution in [0, 0.1) is 0 Å². The predicted octanol–water partition coefficient (Wildman–Crippen LogP) is 5.83. The van der Waals surface area contributed by atoms with Gasteiger partial charge in [-0.3, -0.25) is 0 Å². The summed E-state index contributed by atoms with van der Waals surface area (Å²) in [4.78, 5) is 9.67. The monoisotopic (exact) mass is 350 g/mol. The van der Waals surface area contributed by atoms with E-state index in [2.05, 4.69) is 53.8 Å². The molecule has 134 valence electrons. The summed E-state index contributed by atoms with van der Waals surface area (Å²) >= 11 is 6.03. The number of unbranched alkanes of at least 4 members (excludes halogenated alkanes) is 3. The fourth-order valence-corrected chi connectivity index (χ4v) is 2.76.